The monoisotopic (exact) mass is 186 g/mol. The van der Waals surface area contributed by atoms with E-state index in [-0.39, 0.29) is 0 Å². The second kappa shape index (κ2) is 4.55. The van der Waals surface area contributed by atoms with Crippen LogP contribution in [0, 0.1) is 0 Å². The number of ketones is 1. The highest BCUT2D eigenvalue weighted by Gasteiger charge is 2.15. The van der Waals surface area contributed by atoms with Gasteiger partial charge >= 0.3 is 7.82 Å². The Bertz CT molecular complexity index is 171. The zero-order valence-corrected chi connectivity index (χ0v) is 6.23. The molecule has 0 bridgehead atoms. The van der Waals surface area contributed by atoms with Gasteiger partial charge in [-0.3, -0.25) is 14.6 Å². The fraction of sp³-hybridized carbons (Fsp3) is 0.667. The predicted molar refractivity (Wildman–Crippen MR) is 31.6 cm³/mol. The molecule has 0 unspecified atom stereocenters. The Labute approximate surface area is 61.7 Å². The van der Waals surface area contributed by atoms with Gasteiger partial charge in [0, 0.05) is 0 Å². The molecule has 66 valence electrons. The minimum atomic E-state index is -4.60. The minimum absolute atomic E-state index is 0.653. The van der Waals surface area contributed by atoms with Crippen LogP contribution in [0.15, 0.2) is 0 Å². The number of Topliss-reactive ketones (excluding diaryl/α,β-unsaturated/α-hetero) is 1. The fourth-order valence-electron chi connectivity index (χ4n) is 0.270. The summed E-state index contributed by atoms with van der Waals surface area (Å²) in [5.74, 6) is -0.768. The summed E-state index contributed by atoms with van der Waals surface area (Å²) in [5, 5.41) is 7.70. The molecule has 0 rings (SSSR count). The van der Waals surface area contributed by atoms with Crippen molar-refractivity contribution in [3.8, 4) is 0 Å². The largest absolute Gasteiger partial charge is 0.470 e. The van der Waals surface area contributed by atoms with Gasteiger partial charge in [0.1, 0.15) is 13.2 Å². The SMILES string of the molecule is O=C(COO)COP(=O)(O)O. The van der Waals surface area contributed by atoms with Crippen LogP contribution in [0.1, 0.15) is 0 Å². The van der Waals surface area contributed by atoms with E-state index in [1.54, 1.807) is 0 Å². The Morgan fingerprint density at radius 3 is 2.27 bits per heavy atom. The first kappa shape index (κ1) is 10.7. The number of phosphoric ester groups is 1. The van der Waals surface area contributed by atoms with Gasteiger partial charge in [-0.25, -0.2) is 9.45 Å². The van der Waals surface area contributed by atoms with E-state index in [9.17, 15) is 9.36 Å². The first-order valence-electron chi connectivity index (χ1n) is 2.44. The van der Waals surface area contributed by atoms with Gasteiger partial charge in [-0.15, -0.1) is 0 Å². The topological polar surface area (TPSA) is 113 Å². The van der Waals surface area contributed by atoms with Crippen LogP contribution in [0.5, 0.6) is 0 Å². The van der Waals surface area contributed by atoms with E-state index in [4.69, 9.17) is 15.0 Å². The lowest BCUT2D eigenvalue weighted by Crippen LogP contribution is -2.13. The zero-order valence-electron chi connectivity index (χ0n) is 5.34. The molecule has 0 radical (unpaired) electrons. The van der Waals surface area contributed by atoms with Crippen LogP contribution >= 0.6 is 7.82 Å². The lowest BCUT2D eigenvalue weighted by atomic mass is 10.5. The van der Waals surface area contributed by atoms with Crippen LogP contribution in [0.4, 0.5) is 0 Å². The predicted octanol–water partition coefficient (Wildman–Crippen LogP) is -0.846. The molecule has 0 fully saturated rings. The van der Waals surface area contributed by atoms with Gasteiger partial charge in [0.2, 0.25) is 0 Å². The molecule has 0 aromatic rings. The summed E-state index contributed by atoms with van der Waals surface area (Å²) in [7, 11) is -4.60. The normalized spacial score (nSPS) is 11.5. The van der Waals surface area contributed by atoms with Gasteiger partial charge in [-0.05, 0) is 0 Å². The summed E-state index contributed by atoms with van der Waals surface area (Å²) in [6, 6.07) is 0. The molecule has 0 aromatic heterocycles. The van der Waals surface area contributed by atoms with E-state index < -0.39 is 26.8 Å². The summed E-state index contributed by atoms with van der Waals surface area (Å²) < 4.78 is 13.7. The lowest BCUT2D eigenvalue weighted by molar-refractivity contribution is -0.238. The number of carbonyl (C=O) groups excluding carboxylic acids is 1. The van der Waals surface area contributed by atoms with Crippen molar-refractivity contribution < 1.29 is 33.8 Å². The second-order valence-corrected chi connectivity index (χ2v) is 2.82. The van der Waals surface area contributed by atoms with Crippen molar-refractivity contribution in [3.05, 3.63) is 0 Å². The summed E-state index contributed by atoms with van der Waals surface area (Å²) in [6.45, 7) is -1.44. The molecular weight excluding hydrogens is 179 g/mol. The third-order valence-electron chi connectivity index (χ3n) is 0.619. The number of rotatable bonds is 5. The number of hydrogen-bond acceptors (Lipinski definition) is 5. The van der Waals surface area contributed by atoms with Crippen molar-refractivity contribution in [1.82, 2.24) is 0 Å². The number of phosphoric acid groups is 1. The molecule has 0 amide bonds. The first-order chi connectivity index (χ1) is 4.95. The third-order valence-corrected chi connectivity index (χ3v) is 1.08. The Hall–Kier alpha value is -0.300. The van der Waals surface area contributed by atoms with E-state index in [2.05, 4.69) is 9.41 Å². The molecule has 0 aliphatic heterocycles. The van der Waals surface area contributed by atoms with Crippen molar-refractivity contribution in [2.75, 3.05) is 13.2 Å². The minimum Gasteiger partial charge on any atom is -0.303 e. The third kappa shape index (κ3) is 7.60. The molecular formula is C3H7O7P. The van der Waals surface area contributed by atoms with Crippen molar-refractivity contribution >= 4 is 13.6 Å². The lowest BCUT2D eigenvalue weighted by Gasteiger charge is -2.02. The van der Waals surface area contributed by atoms with Crippen LogP contribution in [0.25, 0.3) is 0 Å². The Morgan fingerprint density at radius 1 is 1.36 bits per heavy atom. The Kier molecular flexibility index (Phi) is 4.43. The van der Waals surface area contributed by atoms with Gasteiger partial charge in [-0.1, -0.05) is 0 Å². The molecule has 0 heterocycles. The van der Waals surface area contributed by atoms with E-state index in [1.807, 2.05) is 0 Å². The molecule has 11 heavy (non-hydrogen) atoms. The van der Waals surface area contributed by atoms with Crippen molar-refractivity contribution in [1.29, 1.82) is 0 Å². The van der Waals surface area contributed by atoms with Crippen LogP contribution in [-0.2, 0) is 18.8 Å². The van der Waals surface area contributed by atoms with Gasteiger partial charge in [0.05, 0.1) is 0 Å². The zero-order chi connectivity index (χ0) is 8.91. The summed E-state index contributed by atoms with van der Waals surface area (Å²) >= 11 is 0. The van der Waals surface area contributed by atoms with Crippen LogP contribution in [0.2, 0.25) is 0 Å². The quantitative estimate of drug-likeness (QED) is 0.291. The molecule has 0 aliphatic rings. The van der Waals surface area contributed by atoms with E-state index in [0.717, 1.165) is 0 Å². The molecule has 0 atom stereocenters. The highest BCUT2D eigenvalue weighted by molar-refractivity contribution is 7.46. The van der Waals surface area contributed by atoms with Crippen molar-refractivity contribution in [2.24, 2.45) is 0 Å². The molecule has 7 nitrogen and oxygen atoms in total. The molecule has 3 N–H and O–H groups in total. The molecule has 8 heteroatoms. The van der Waals surface area contributed by atoms with Gasteiger partial charge < -0.3 is 9.79 Å². The Morgan fingerprint density at radius 2 is 1.91 bits per heavy atom. The van der Waals surface area contributed by atoms with Crippen molar-refractivity contribution in [2.45, 2.75) is 0 Å². The standard InChI is InChI=1S/C3H7O7P/c4-3(1-9-5)2-10-11(6,7)8/h5H,1-2H2,(H2,6,7,8). The van der Waals surface area contributed by atoms with Gasteiger partial charge in [-0.2, -0.15) is 0 Å². The molecule has 0 saturated carbocycles. The van der Waals surface area contributed by atoms with Crippen LogP contribution in [-0.4, -0.2) is 34.0 Å². The summed E-state index contributed by atoms with van der Waals surface area (Å²) in [4.78, 5) is 29.9. The molecule has 0 aliphatic carbocycles. The average molecular weight is 186 g/mol. The maximum atomic E-state index is 10.3. The van der Waals surface area contributed by atoms with Crippen molar-refractivity contribution in [3.63, 3.8) is 0 Å². The maximum Gasteiger partial charge on any atom is 0.470 e. The Balaban J connectivity index is 3.55. The fourth-order valence-corrected chi connectivity index (χ4v) is 0.582. The molecule has 0 spiro atoms. The second-order valence-electron chi connectivity index (χ2n) is 1.58. The summed E-state index contributed by atoms with van der Waals surface area (Å²) in [5.41, 5.74) is 0. The molecule has 0 aromatic carbocycles. The number of hydrogen-bond donors (Lipinski definition) is 3. The van der Waals surface area contributed by atoms with E-state index in [1.165, 1.54) is 0 Å². The van der Waals surface area contributed by atoms with Gasteiger partial charge in [0.25, 0.3) is 0 Å². The average Bonchev–Trinajstić information content (AvgIpc) is 1.83. The first-order valence-corrected chi connectivity index (χ1v) is 3.97. The van der Waals surface area contributed by atoms with Crippen LogP contribution < -0.4 is 0 Å². The smallest absolute Gasteiger partial charge is 0.303 e. The highest BCUT2D eigenvalue weighted by atomic mass is 31.2. The van der Waals surface area contributed by atoms with E-state index >= 15 is 0 Å². The number of carbonyl (C=O) groups is 1. The van der Waals surface area contributed by atoms with E-state index in [0.29, 0.717) is 0 Å². The van der Waals surface area contributed by atoms with Crippen LogP contribution in [0.3, 0.4) is 0 Å². The molecule has 0 saturated heterocycles. The van der Waals surface area contributed by atoms with Gasteiger partial charge in [0.15, 0.2) is 5.78 Å². The maximum absolute atomic E-state index is 10.3. The highest BCUT2D eigenvalue weighted by Crippen LogP contribution is 2.35. The summed E-state index contributed by atoms with van der Waals surface area (Å²) in [6.07, 6.45) is 0.